The summed E-state index contributed by atoms with van der Waals surface area (Å²) in [7, 11) is 0. The van der Waals surface area contributed by atoms with Gasteiger partial charge >= 0.3 is 0 Å². The number of nitrogens with two attached hydrogens (primary N) is 1. The zero-order chi connectivity index (χ0) is 12.8. The first-order chi connectivity index (χ1) is 8.79. The second kappa shape index (κ2) is 6.85. The lowest BCUT2D eigenvalue weighted by atomic mass is 10.2. The first-order valence-corrected chi connectivity index (χ1v) is 7.17. The lowest BCUT2D eigenvalue weighted by Crippen LogP contribution is -2.28. The van der Waals surface area contributed by atoms with Gasteiger partial charge < -0.3 is 10.6 Å². The van der Waals surface area contributed by atoms with E-state index < -0.39 is 0 Å². The van der Waals surface area contributed by atoms with Crippen LogP contribution in [0.4, 0.5) is 0 Å². The van der Waals surface area contributed by atoms with Crippen molar-refractivity contribution in [1.29, 1.82) is 0 Å². The van der Waals surface area contributed by atoms with Gasteiger partial charge in [0.1, 0.15) is 0 Å². The van der Waals surface area contributed by atoms with Crippen LogP contribution in [0.5, 0.6) is 0 Å². The summed E-state index contributed by atoms with van der Waals surface area (Å²) in [4.78, 5) is 2.54. The highest BCUT2D eigenvalue weighted by Gasteiger charge is 2.11. The van der Waals surface area contributed by atoms with Crippen LogP contribution in [0.15, 0.2) is 6.20 Å². The highest BCUT2D eigenvalue weighted by atomic mass is 15.4. The van der Waals surface area contributed by atoms with E-state index in [2.05, 4.69) is 22.1 Å². The quantitative estimate of drug-likeness (QED) is 0.863. The topological polar surface area (TPSA) is 60.0 Å². The number of aromatic nitrogens is 3. The minimum atomic E-state index is 0.0249. The van der Waals surface area contributed by atoms with E-state index in [4.69, 9.17) is 5.73 Å². The van der Waals surface area contributed by atoms with Crippen LogP contribution in [0.1, 0.15) is 50.8 Å². The molecule has 2 heterocycles. The Morgan fingerprint density at radius 2 is 1.94 bits per heavy atom. The van der Waals surface area contributed by atoms with Crippen LogP contribution in [-0.4, -0.2) is 39.5 Å². The Hall–Kier alpha value is -0.940. The largest absolute Gasteiger partial charge is 0.323 e. The SMILES string of the molecule is CCC(N)c1cn(CCN2CCCCCC2)nn1. The Morgan fingerprint density at radius 1 is 1.22 bits per heavy atom. The van der Waals surface area contributed by atoms with Crippen molar-refractivity contribution in [3.05, 3.63) is 11.9 Å². The van der Waals surface area contributed by atoms with Gasteiger partial charge in [0.15, 0.2) is 0 Å². The minimum absolute atomic E-state index is 0.0249. The lowest BCUT2D eigenvalue weighted by Gasteiger charge is -2.19. The molecular weight excluding hydrogens is 226 g/mol. The van der Waals surface area contributed by atoms with Crippen molar-refractivity contribution in [2.75, 3.05) is 19.6 Å². The van der Waals surface area contributed by atoms with Gasteiger partial charge in [-0.1, -0.05) is 25.0 Å². The molecule has 1 aromatic rings. The van der Waals surface area contributed by atoms with Crippen molar-refractivity contribution in [3.8, 4) is 0 Å². The molecule has 1 aliphatic heterocycles. The highest BCUT2D eigenvalue weighted by molar-refractivity contribution is 4.98. The van der Waals surface area contributed by atoms with E-state index in [9.17, 15) is 0 Å². The van der Waals surface area contributed by atoms with Crippen LogP contribution in [0, 0.1) is 0 Å². The van der Waals surface area contributed by atoms with Crippen LogP contribution < -0.4 is 5.73 Å². The molecule has 1 atom stereocenters. The molecule has 1 unspecified atom stereocenters. The summed E-state index contributed by atoms with van der Waals surface area (Å²) in [6.45, 7) is 6.53. The van der Waals surface area contributed by atoms with E-state index in [1.807, 2.05) is 10.9 Å². The molecule has 0 aromatic carbocycles. The van der Waals surface area contributed by atoms with Gasteiger partial charge in [0, 0.05) is 6.54 Å². The van der Waals surface area contributed by atoms with E-state index in [1.54, 1.807) is 0 Å². The fourth-order valence-electron chi connectivity index (χ4n) is 2.41. The Labute approximate surface area is 109 Å². The van der Waals surface area contributed by atoms with Crippen LogP contribution >= 0.6 is 0 Å². The predicted octanol–water partition coefficient (Wildman–Crippen LogP) is 1.56. The van der Waals surface area contributed by atoms with Crippen molar-refractivity contribution in [3.63, 3.8) is 0 Å². The summed E-state index contributed by atoms with van der Waals surface area (Å²) in [5.41, 5.74) is 6.85. The number of rotatable bonds is 5. The second-order valence-electron chi connectivity index (χ2n) is 5.18. The maximum atomic E-state index is 5.94. The first-order valence-electron chi connectivity index (χ1n) is 7.17. The third-order valence-electron chi connectivity index (χ3n) is 3.72. The zero-order valence-electron chi connectivity index (χ0n) is 11.4. The monoisotopic (exact) mass is 251 g/mol. The average Bonchev–Trinajstić information content (AvgIpc) is 2.71. The summed E-state index contributed by atoms with van der Waals surface area (Å²) in [5, 5.41) is 8.29. The van der Waals surface area contributed by atoms with Crippen molar-refractivity contribution in [2.45, 2.75) is 51.6 Å². The Balaban J connectivity index is 1.80. The minimum Gasteiger partial charge on any atom is -0.323 e. The highest BCUT2D eigenvalue weighted by Crippen LogP contribution is 2.11. The fourth-order valence-corrected chi connectivity index (χ4v) is 2.41. The van der Waals surface area contributed by atoms with Gasteiger partial charge in [0.05, 0.1) is 24.5 Å². The van der Waals surface area contributed by atoms with Gasteiger partial charge in [-0.3, -0.25) is 4.68 Å². The van der Waals surface area contributed by atoms with E-state index in [0.29, 0.717) is 0 Å². The van der Waals surface area contributed by atoms with E-state index in [1.165, 1.54) is 38.8 Å². The van der Waals surface area contributed by atoms with Gasteiger partial charge in [-0.25, -0.2) is 0 Å². The number of hydrogen-bond donors (Lipinski definition) is 1. The van der Waals surface area contributed by atoms with Gasteiger partial charge in [0.2, 0.25) is 0 Å². The molecule has 2 rings (SSSR count). The molecule has 0 spiro atoms. The maximum absolute atomic E-state index is 5.94. The molecule has 1 saturated heterocycles. The van der Waals surface area contributed by atoms with Crippen LogP contribution in [-0.2, 0) is 6.54 Å². The smallest absolute Gasteiger partial charge is 0.0993 e. The average molecular weight is 251 g/mol. The van der Waals surface area contributed by atoms with Crippen LogP contribution in [0.25, 0.3) is 0 Å². The molecular formula is C13H25N5. The van der Waals surface area contributed by atoms with Gasteiger partial charge in [-0.15, -0.1) is 5.10 Å². The molecule has 18 heavy (non-hydrogen) atoms. The van der Waals surface area contributed by atoms with Gasteiger partial charge in [0.25, 0.3) is 0 Å². The van der Waals surface area contributed by atoms with E-state index >= 15 is 0 Å². The molecule has 0 bridgehead atoms. The van der Waals surface area contributed by atoms with E-state index in [-0.39, 0.29) is 6.04 Å². The van der Waals surface area contributed by atoms with Gasteiger partial charge in [-0.2, -0.15) is 0 Å². The van der Waals surface area contributed by atoms with Crippen molar-refractivity contribution >= 4 is 0 Å². The second-order valence-corrected chi connectivity index (χ2v) is 5.18. The first kappa shape index (κ1) is 13.5. The maximum Gasteiger partial charge on any atom is 0.0993 e. The molecule has 1 fully saturated rings. The number of hydrogen-bond acceptors (Lipinski definition) is 4. The molecule has 2 N–H and O–H groups in total. The molecule has 0 saturated carbocycles. The van der Waals surface area contributed by atoms with Crippen LogP contribution in [0.2, 0.25) is 0 Å². The summed E-state index contributed by atoms with van der Waals surface area (Å²) in [6, 6.07) is 0.0249. The predicted molar refractivity (Wildman–Crippen MR) is 72.1 cm³/mol. The molecule has 1 aliphatic rings. The Kier molecular flexibility index (Phi) is 5.13. The molecule has 1 aromatic heterocycles. The molecule has 0 aliphatic carbocycles. The molecule has 0 radical (unpaired) electrons. The Morgan fingerprint density at radius 3 is 2.61 bits per heavy atom. The van der Waals surface area contributed by atoms with Crippen LogP contribution in [0.3, 0.4) is 0 Å². The summed E-state index contributed by atoms with van der Waals surface area (Å²) in [6.07, 6.45) is 8.34. The number of nitrogens with zero attached hydrogens (tertiary/aromatic N) is 4. The molecule has 102 valence electrons. The van der Waals surface area contributed by atoms with Crippen molar-refractivity contribution < 1.29 is 0 Å². The molecule has 5 heteroatoms. The zero-order valence-corrected chi connectivity index (χ0v) is 11.4. The molecule has 5 nitrogen and oxygen atoms in total. The fraction of sp³-hybridized carbons (Fsp3) is 0.846. The van der Waals surface area contributed by atoms with E-state index in [0.717, 1.165) is 25.2 Å². The number of likely N-dealkylation sites (tertiary alicyclic amines) is 1. The standard InChI is InChI=1S/C13H25N5/c1-2-12(14)13-11-18(16-15-13)10-9-17-7-5-3-4-6-8-17/h11-12H,2-10,14H2,1H3. The lowest BCUT2D eigenvalue weighted by molar-refractivity contribution is 0.267. The summed E-state index contributed by atoms with van der Waals surface area (Å²) >= 11 is 0. The molecule has 0 amide bonds. The third kappa shape index (κ3) is 3.78. The summed E-state index contributed by atoms with van der Waals surface area (Å²) in [5.74, 6) is 0. The normalized spacial score (nSPS) is 19.7. The van der Waals surface area contributed by atoms with Gasteiger partial charge in [-0.05, 0) is 32.4 Å². The van der Waals surface area contributed by atoms with Crippen molar-refractivity contribution in [2.24, 2.45) is 5.73 Å². The third-order valence-corrected chi connectivity index (χ3v) is 3.72. The summed E-state index contributed by atoms with van der Waals surface area (Å²) < 4.78 is 1.93. The van der Waals surface area contributed by atoms with Crippen molar-refractivity contribution in [1.82, 2.24) is 19.9 Å². The Bertz CT molecular complexity index is 341.